The number of amides is 3. The van der Waals surface area contributed by atoms with Crippen LogP contribution in [0.1, 0.15) is 42.1 Å². The van der Waals surface area contributed by atoms with Crippen LogP contribution in [0.15, 0.2) is 72.8 Å². The second-order valence-electron chi connectivity index (χ2n) is 12.9. The van der Waals surface area contributed by atoms with Gasteiger partial charge in [-0.25, -0.2) is 0 Å². The standard InChI is InChI=1S/C35H40FN3O6Si/c1-22-32(46(3,4)36)30(20-31(41)38-18-8-11-26(38)21-40)45-35(22)28-19-24(37-33(42)23-12-15-27(44-2)16-13-23)14-17-29(28)39(34(35)43)25-9-6-5-7-10-25/h5-7,9-10,12-17,19,22,26,30,32,40H,8,11,18,20-21H2,1-4H3,(H,37,42)/t22-,26-,30+,32-,35+/m0/s1. The molecular weight excluding hydrogens is 605 g/mol. The predicted octanol–water partition coefficient (Wildman–Crippen LogP) is 5.77. The number of rotatable bonds is 8. The zero-order valence-electron chi connectivity index (χ0n) is 26.5. The van der Waals surface area contributed by atoms with E-state index in [4.69, 9.17) is 9.47 Å². The predicted molar refractivity (Wildman–Crippen MR) is 175 cm³/mol. The first-order chi connectivity index (χ1) is 22.0. The molecule has 5 atom stereocenters. The molecule has 2 N–H and O–H groups in total. The van der Waals surface area contributed by atoms with Crippen LogP contribution in [0.4, 0.5) is 21.2 Å². The van der Waals surface area contributed by atoms with E-state index in [1.54, 1.807) is 72.5 Å². The Bertz CT molecular complexity index is 1630. The number of likely N-dealkylation sites (tertiary alicyclic amines) is 1. The van der Waals surface area contributed by atoms with Crippen LogP contribution in [0.5, 0.6) is 5.75 Å². The summed E-state index contributed by atoms with van der Waals surface area (Å²) in [6, 6.07) is 20.9. The normalized spacial score (nSPS) is 25.7. The first kappa shape index (κ1) is 31.9. The Morgan fingerprint density at radius 2 is 1.83 bits per heavy atom. The highest BCUT2D eigenvalue weighted by Crippen LogP contribution is 2.61. The molecule has 46 heavy (non-hydrogen) atoms. The van der Waals surface area contributed by atoms with Gasteiger partial charge >= 0.3 is 0 Å². The minimum Gasteiger partial charge on any atom is -0.497 e. The van der Waals surface area contributed by atoms with E-state index in [1.165, 1.54) is 0 Å². The Hall–Kier alpha value is -4.06. The maximum absolute atomic E-state index is 16.3. The van der Waals surface area contributed by atoms with Gasteiger partial charge in [0.1, 0.15) is 5.75 Å². The lowest BCUT2D eigenvalue weighted by atomic mass is 9.82. The Morgan fingerprint density at radius 3 is 2.48 bits per heavy atom. The van der Waals surface area contributed by atoms with Crippen LogP contribution in [0.2, 0.25) is 18.6 Å². The third-order valence-corrected chi connectivity index (χ3v) is 12.2. The van der Waals surface area contributed by atoms with Crippen molar-refractivity contribution in [2.45, 2.75) is 62.6 Å². The number of carbonyl (C=O) groups is 3. The van der Waals surface area contributed by atoms with Crippen molar-refractivity contribution in [3.63, 3.8) is 0 Å². The molecule has 3 aromatic carbocycles. The van der Waals surface area contributed by atoms with E-state index in [1.807, 2.05) is 37.3 Å². The maximum Gasteiger partial charge on any atom is 0.268 e. The number of aliphatic hydroxyl groups is 1. The summed E-state index contributed by atoms with van der Waals surface area (Å²) in [5.41, 5.74) is 0.357. The lowest BCUT2D eigenvalue weighted by Gasteiger charge is -2.31. The van der Waals surface area contributed by atoms with Gasteiger partial charge in [-0.05, 0) is 80.5 Å². The van der Waals surface area contributed by atoms with Crippen molar-refractivity contribution in [1.82, 2.24) is 4.90 Å². The topological polar surface area (TPSA) is 108 Å². The molecule has 0 aromatic heterocycles. The third-order valence-electron chi connectivity index (χ3n) is 9.78. The number of halogens is 1. The van der Waals surface area contributed by atoms with Crippen LogP contribution in [-0.2, 0) is 19.9 Å². The summed E-state index contributed by atoms with van der Waals surface area (Å²) in [4.78, 5) is 44.8. The first-order valence-electron chi connectivity index (χ1n) is 15.8. The summed E-state index contributed by atoms with van der Waals surface area (Å²) in [5.74, 6) is -0.894. The van der Waals surface area contributed by atoms with Gasteiger partial charge in [-0.3, -0.25) is 19.3 Å². The van der Waals surface area contributed by atoms with Gasteiger partial charge < -0.3 is 28.9 Å². The lowest BCUT2D eigenvalue weighted by molar-refractivity contribution is -0.149. The average Bonchev–Trinajstić information content (AvgIpc) is 3.71. The molecule has 3 aliphatic heterocycles. The number of para-hydroxylation sites is 1. The summed E-state index contributed by atoms with van der Waals surface area (Å²) in [5, 5.41) is 12.8. The second-order valence-corrected chi connectivity index (χ2v) is 16.7. The highest BCUT2D eigenvalue weighted by molar-refractivity contribution is 6.72. The molecule has 0 bridgehead atoms. The number of hydrogen-bond acceptors (Lipinski definition) is 6. The number of carbonyl (C=O) groups excluding carboxylic acids is 3. The molecule has 0 aliphatic carbocycles. The molecule has 2 saturated heterocycles. The summed E-state index contributed by atoms with van der Waals surface area (Å²) >= 11 is 0. The Balaban J connectivity index is 1.41. The van der Waals surface area contributed by atoms with E-state index in [0.29, 0.717) is 46.9 Å². The molecule has 0 unspecified atom stereocenters. The average molecular weight is 646 g/mol. The van der Waals surface area contributed by atoms with Crippen molar-refractivity contribution in [3.05, 3.63) is 83.9 Å². The molecule has 0 saturated carbocycles. The van der Waals surface area contributed by atoms with Crippen LogP contribution in [-0.4, -0.2) is 68.5 Å². The fourth-order valence-electron chi connectivity index (χ4n) is 7.67. The van der Waals surface area contributed by atoms with Crippen molar-refractivity contribution in [1.29, 1.82) is 0 Å². The van der Waals surface area contributed by atoms with Crippen LogP contribution in [0, 0.1) is 5.92 Å². The Labute approximate surface area is 269 Å². The molecule has 3 aromatic rings. The van der Waals surface area contributed by atoms with E-state index < -0.39 is 31.6 Å². The summed E-state index contributed by atoms with van der Waals surface area (Å²) in [6.07, 6.45) is 0.566. The van der Waals surface area contributed by atoms with Crippen LogP contribution in [0.25, 0.3) is 0 Å². The maximum atomic E-state index is 16.3. The van der Waals surface area contributed by atoms with E-state index in [-0.39, 0.29) is 36.8 Å². The first-order valence-corrected chi connectivity index (χ1v) is 18.7. The van der Waals surface area contributed by atoms with Crippen molar-refractivity contribution >= 4 is 43.2 Å². The van der Waals surface area contributed by atoms with Crippen LogP contribution < -0.4 is 15.0 Å². The van der Waals surface area contributed by atoms with Crippen molar-refractivity contribution in [2.24, 2.45) is 5.92 Å². The van der Waals surface area contributed by atoms with Crippen LogP contribution >= 0.6 is 0 Å². The van der Waals surface area contributed by atoms with Gasteiger partial charge in [-0.1, -0.05) is 25.1 Å². The van der Waals surface area contributed by atoms with E-state index >= 15 is 4.11 Å². The number of benzene rings is 3. The van der Waals surface area contributed by atoms with Crippen LogP contribution in [0.3, 0.4) is 0 Å². The number of aliphatic hydroxyl groups excluding tert-OH is 1. The third kappa shape index (κ3) is 5.40. The fraction of sp³-hybridized carbons (Fsp3) is 0.400. The molecule has 0 radical (unpaired) electrons. The van der Waals surface area contributed by atoms with E-state index in [9.17, 15) is 19.5 Å². The molecule has 6 rings (SSSR count). The minimum atomic E-state index is -3.52. The smallest absolute Gasteiger partial charge is 0.268 e. The molecule has 11 heteroatoms. The summed E-state index contributed by atoms with van der Waals surface area (Å²) in [7, 11) is -1.96. The molecular formula is C35H40FN3O6Si. The fourth-order valence-corrected chi connectivity index (χ4v) is 10.2. The van der Waals surface area contributed by atoms with Gasteiger partial charge in [-0.2, -0.15) is 0 Å². The van der Waals surface area contributed by atoms with Gasteiger partial charge in [0.15, 0.2) is 5.60 Å². The number of hydrogen-bond donors (Lipinski definition) is 2. The largest absolute Gasteiger partial charge is 0.497 e. The van der Waals surface area contributed by atoms with Gasteiger partial charge in [0.2, 0.25) is 14.3 Å². The summed E-state index contributed by atoms with van der Waals surface area (Å²) in [6.45, 7) is 5.43. The van der Waals surface area contributed by atoms with Crippen molar-refractivity contribution in [2.75, 3.05) is 30.5 Å². The van der Waals surface area contributed by atoms with Gasteiger partial charge in [-0.15, -0.1) is 0 Å². The molecule has 3 aliphatic rings. The second kappa shape index (κ2) is 12.3. The number of nitrogens with one attached hydrogen (secondary N) is 1. The quantitative estimate of drug-likeness (QED) is 0.238. The number of ether oxygens (including phenoxy) is 2. The van der Waals surface area contributed by atoms with Crippen molar-refractivity contribution < 1.29 is 33.1 Å². The Morgan fingerprint density at radius 1 is 1.11 bits per heavy atom. The number of fused-ring (bicyclic) bond motifs is 2. The monoisotopic (exact) mass is 645 g/mol. The summed E-state index contributed by atoms with van der Waals surface area (Å²) < 4.78 is 28.3. The molecule has 9 nitrogen and oxygen atoms in total. The molecule has 242 valence electrons. The van der Waals surface area contributed by atoms with E-state index in [0.717, 1.165) is 6.42 Å². The molecule has 1 spiro atoms. The van der Waals surface area contributed by atoms with Crippen molar-refractivity contribution in [3.8, 4) is 5.75 Å². The van der Waals surface area contributed by atoms with Gasteiger partial charge in [0.25, 0.3) is 11.8 Å². The number of anilines is 3. The minimum absolute atomic E-state index is 0.0878. The van der Waals surface area contributed by atoms with E-state index in [2.05, 4.69) is 5.32 Å². The molecule has 3 heterocycles. The molecule has 2 fully saturated rings. The van der Waals surface area contributed by atoms with Gasteiger partial charge in [0.05, 0.1) is 38.0 Å². The highest BCUT2D eigenvalue weighted by atomic mass is 28.4. The highest BCUT2D eigenvalue weighted by Gasteiger charge is 2.67. The Kier molecular flexibility index (Phi) is 8.51. The number of nitrogens with zero attached hydrogens (tertiary/aromatic N) is 2. The SMILES string of the molecule is COc1ccc(C(=O)Nc2ccc3c(c2)[C@@]2(O[C@H](CC(=O)N4CCC[C@H]4CO)[C@@H]([Si](C)(C)F)[C@@H]2C)C(=O)N3c2ccccc2)cc1. The zero-order valence-corrected chi connectivity index (χ0v) is 27.5. The number of methoxy groups -OCH3 is 1. The molecule has 3 amide bonds. The van der Waals surface area contributed by atoms with Gasteiger partial charge in [0, 0.05) is 40.5 Å². The lowest BCUT2D eigenvalue weighted by Crippen LogP contribution is -2.44. The zero-order chi connectivity index (χ0) is 32.8.